The van der Waals surface area contributed by atoms with Crippen molar-refractivity contribution < 1.29 is 14.7 Å². The number of rotatable bonds is 6. The maximum atomic E-state index is 11.6. The molecular formula is C12H21NO3. The number of amides is 1. The van der Waals surface area contributed by atoms with Crippen LogP contribution in [0.25, 0.3) is 0 Å². The third-order valence-corrected chi connectivity index (χ3v) is 3.32. The average molecular weight is 227 g/mol. The van der Waals surface area contributed by atoms with Crippen LogP contribution in [0, 0.1) is 17.8 Å². The van der Waals surface area contributed by atoms with E-state index >= 15 is 0 Å². The molecule has 16 heavy (non-hydrogen) atoms. The smallest absolute Gasteiger partial charge is 0.326 e. The van der Waals surface area contributed by atoms with Crippen molar-refractivity contribution in [1.82, 2.24) is 5.32 Å². The summed E-state index contributed by atoms with van der Waals surface area (Å²) in [4.78, 5) is 22.6. The van der Waals surface area contributed by atoms with Gasteiger partial charge in [0.1, 0.15) is 6.04 Å². The van der Waals surface area contributed by atoms with Crippen molar-refractivity contribution >= 4 is 11.9 Å². The SMILES string of the molecule is CC(C)C(C)CC(=O)NC(C(=O)O)C1CC1. The molecule has 4 nitrogen and oxygen atoms in total. The standard InChI is InChI=1S/C12H21NO3/c1-7(2)8(3)6-10(14)13-11(12(15)16)9-4-5-9/h7-9,11H,4-6H2,1-3H3,(H,13,14)(H,15,16). The van der Waals surface area contributed by atoms with Crippen molar-refractivity contribution in [2.24, 2.45) is 17.8 Å². The molecule has 0 aromatic carbocycles. The zero-order chi connectivity index (χ0) is 12.3. The molecule has 0 radical (unpaired) electrons. The predicted molar refractivity (Wildman–Crippen MR) is 60.9 cm³/mol. The molecule has 0 aliphatic heterocycles. The number of hydrogen-bond acceptors (Lipinski definition) is 2. The van der Waals surface area contributed by atoms with Crippen LogP contribution in [-0.4, -0.2) is 23.0 Å². The maximum absolute atomic E-state index is 11.6. The van der Waals surface area contributed by atoms with Crippen LogP contribution < -0.4 is 5.32 Å². The summed E-state index contributed by atoms with van der Waals surface area (Å²) in [7, 11) is 0. The highest BCUT2D eigenvalue weighted by Crippen LogP contribution is 2.32. The number of carboxylic acids is 1. The third-order valence-electron chi connectivity index (χ3n) is 3.32. The van der Waals surface area contributed by atoms with E-state index in [0.29, 0.717) is 12.3 Å². The fraction of sp³-hybridized carbons (Fsp3) is 0.833. The Morgan fingerprint density at radius 2 is 1.88 bits per heavy atom. The highest BCUT2D eigenvalue weighted by atomic mass is 16.4. The number of carbonyl (C=O) groups excluding carboxylic acids is 1. The van der Waals surface area contributed by atoms with E-state index in [1.165, 1.54) is 0 Å². The molecule has 1 amide bonds. The normalized spacial score (nSPS) is 19.2. The largest absolute Gasteiger partial charge is 0.480 e. The van der Waals surface area contributed by atoms with Crippen molar-refractivity contribution in [1.29, 1.82) is 0 Å². The van der Waals surface area contributed by atoms with E-state index in [-0.39, 0.29) is 17.7 Å². The Morgan fingerprint density at radius 3 is 2.25 bits per heavy atom. The van der Waals surface area contributed by atoms with Crippen LogP contribution in [0.2, 0.25) is 0 Å². The highest BCUT2D eigenvalue weighted by Gasteiger charge is 2.37. The van der Waals surface area contributed by atoms with E-state index in [1.54, 1.807) is 0 Å². The van der Waals surface area contributed by atoms with Crippen LogP contribution in [-0.2, 0) is 9.59 Å². The molecule has 1 fully saturated rings. The lowest BCUT2D eigenvalue weighted by Crippen LogP contribution is -2.43. The van der Waals surface area contributed by atoms with Crippen LogP contribution in [0.3, 0.4) is 0 Å². The molecule has 2 unspecified atom stereocenters. The van der Waals surface area contributed by atoms with E-state index in [2.05, 4.69) is 19.2 Å². The minimum absolute atomic E-state index is 0.138. The van der Waals surface area contributed by atoms with Gasteiger partial charge in [-0.1, -0.05) is 20.8 Å². The molecule has 0 bridgehead atoms. The Kier molecular flexibility index (Phi) is 4.33. The number of nitrogens with one attached hydrogen (secondary N) is 1. The van der Waals surface area contributed by atoms with Gasteiger partial charge in [-0.15, -0.1) is 0 Å². The quantitative estimate of drug-likeness (QED) is 0.725. The zero-order valence-corrected chi connectivity index (χ0v) is 10.2. The minimum Gasteiger partial charge on any atom is -0.480 e. The van der Waals surface area contributed by atoms with Crippen LogP contribution in [0.15, 0.2) is 0 Å². The summed E-state index contributed by atoms with van der Waals surface area (Å²) in [5.74, 6) is -0.173. The second-order valence-electron chi connectivity index (χ2n) is 5.15. The Labute approximate surface area is 96.4 Å². The van der Waals surface area contributed by atoms with Gasteiger partial charge in [0.25, 0.3) is 0 Å². The molecular weight excluding hydrogens is 206 g/mol. The molecule has 1 saturated carbocycles. The molecule has 1 aliphatic carbocycles. The predicted octanol–water partition coefficient (Wildman–Crippen LogP) is 1.65. The first-order valence-electron chi connectivity index (χ1n) is 5.94. The first-order chi connectivity index (χ1) is 7.41. The van der Waals surface area contributed by atoms with Gasteiger partial charge >= 0.3 is 5.97 Å². The zero-order valence-electron chi connectivity index (χ0n) is 10.2. The number of carbonyl (C=O) groups is 2. The van der Waals surface area contributed by atoms with Crippen LogP contribution in [0.4, 0.5) is 0 Å². The summed E-state index contributed by atoms with van der Waals surface area (Å²) in [6, 6.07) is -0.674. The summed E-state index contributed by atoms with van der Waals surface area (Å²) >= 11 is 0. The van der Waals surface area contributed by atoms with Gasteiger partial charge in [-0.3, -0.25) is 4.79 Å². The summed E-state index contributed by atoms with van der Waals surface area (Å²) in [6.07, 6.45) is 2.24. The Hall–Kier alpha value is -1.06. The van der Waals surface area contributed by atoms with E-state index < -0.39 is 12.0 Å². The molecule has 1 aliphatic rings. The molecule has 4 heteroatoms. The molecule has 0 heterocycles. The summed E-state index contributed by atoms with van der Waals surface area (Å²) in [6.45, 7) is 6.14. The monoisotopic (exact) mass is 227 g/mol. The molecule has 0 saturated heterocycles. The first-order valence-corrected chi connectivity index (χ1v) is 5.94. The van der Waals surface area contributed by atoms with Crippen molar-refractivity contribution in [3.63, 3.8) is 0 Å². The minimum atomic E-state index is -0.909. The molecule has 2 atom stereocenters. The lowest BCUT2D eigenvalue weighted by molar-refractivity contribution is -0.142. The molecule has 0 aromatic heterocycles. The van der Waals surface area contributed by atoms with E-state index in [1.807, 2.05) is 6.92 Å². The molecule has 92 valence electrons. The second kappa shape index (κ2) is 5.32. The molecule has 0 aromatic rings. The van der Waals surface area contributed by atoms with Gasteiger partial charge in [0.05, 0.1) is 0 Å². The van der Waals surface area contributed by atoms with Gasteiger partial charge in [-0.05, 0) is 30.6 Å². The molecule has 2 N–H and O–H groups in total. The van der Waals surface area contributed by atoms with Gasteiger partial charge in [0, 0.05) is 6.42 Å². The van der Waals surface area contributed by atoms with Gasteiger partial charge in [-0.2, -0.15) is 0 Å². The van der Waals surface area contributed by atoms with E-state index in [0.717, 1.165) is 12.8 Å². The molecule has 1 rings (SSSR count). The van der Waals surface area contributed by atoms with E-state index in [9.17, 15) is 9.59 Å². The number of aliphatic carboxylic acids is 1. The van der Waals surface area contributed by atoms with Crippen LogP contribution >= 0.6 is 0 Å². The topological polar surface area (TPSA) is 66.4 Å². The van der Waals surface area contributed by atoms with Crippen molar-refractivity contribution in [2.45, 2.75) is 46.1 Å². The van der Waals surface area contributed by atoms with Crippen molar-refractivity contribution in [3.05, 3.63) is 0 Å². The van der Waals surface area contributed by atoms with E-state index in [4.69, 9.17) is 5.11 Å². The third kappa shape index (κ3) is 3.83. The Bertz CT molecular complexity index is 271. The fourth-order valence-corrected chi connectivity index (χ4v) is 1.57. The highest BCUT2D eigenvalue weighted by molar-refractivity contribution is 5.84. The lowest BCUT2D eigenvalue weighted by Gasteiger charge is -2.18. The van der Waals surface area contributed by atoms with Crippen LogP contribution in [0.1, 0.15) is 40.0 Å². The summed E-state index contributed by atoms with van der Waals surface area (Å²) in [5.41, 5.74) is 0. The Morgan fingerprint density at radius 1 is 1.31 bits per heavy atom. The average Bonchev–Trinajstić information content (AvgIpc) is 2.96. The lowest BCUT2D eigenvalue weighted by atomic mass is 9.94. The van der Waals surface area contributed by atoms with Crippen LogP contribution in [0.5, 0.6) is 0 Å². The second-order valence-corrected chi connectivity index (χ2v) is 5.15. The molecule has 0 spiro atoms. The van der Waals surface area contributed by atoms with Crippen molar-refractivity contribution in [2.75, 3.05) is 0 Å². The summed E-state index contributed by atoms with van der Waals surface area (Å²) in [5, 5.41) is 11.6. The van der Waals surface area contributed by atoms with Gasteiger partial charge in [0.15, 0.2) is 0 Å². The van der Waals surface area contributed by atoms with Gasteiger partial charge in [-0.25, -0.2) is 4.79 Å². The first kappa shape index (κ1) is 13.0. The van der Waals surface area contributed by atoms with Crippen molar-refractivity contribution in [3.8, 4) is 0 Å². The maximum Gasteiger partial charge on any atom is 0.326 e. The summed E-state index contributed by atoms with van der Waals surface area (Å²) < 4.78 is 0. The Balaban J connectivity index is 2.39. The number of carboxylic acid groups (broad SMARTS) is 1. The van der Waals surface area contributed by atoms with Gasteiger partial charge in [0.2, 0.25) is 5.91 Å². The number of hydrogen-bond donors (Lipinski definition) is 2. The fourth-order valence-electron chi connectivity index (χ4n) is 1.57. The van der Waals surface area contributed by atoms with Gasteiger partial charge < -0.3 is 10.4 Å².